The molecule has 12 nitrogen and oxygen atoms in total. The second kappa shape index (κ2) is 13.1. The molecule has 3 aromatic carbocycles. The minimum Gasteiger partial charge on any atom is -0.366 e. The van der Waals surface area contributed by atoms with Gasteiger partial charge in [-0.05, 0) is 71.0 Å². The molecule has 1 unspecified atom stereocenters. The number of benzene rings is 3. The van der Waals surface area contributed by atoms with Gasteiger partial charge in [0.25, 0.3) is 5.89 Å². The Hall–Kier alpha value is -5.39. The van der Waals surface area contributed by atoms with Gasteiger partial charge in [0.15, 0.2) is 5.82 Å². The first-order valence-electron chi connectivity index (χ1n) is 15.1. The number of amides is 3. The van der Waals surface area contributed by atoms with E-state index in [9.17, 15) is 9.59 Å². The third-order valence-electron chi connectivity index (χ3n) is 8.18. The summed E-state index contributed by atoms with van der Waals surface area (Å²) in [5.41, 5.74) is 10.4. The lowest BCUT2D eigenvalue weighted by atomic mass is 9.83. The third-order valence-corrected chi connectivity index (χ3v) is 8.18. The third kappa shape index (κ3) is 6.74. The van der Waals surface area contributed by atoms with Crippen molar-refractivity contribution < 1.29 is 14.1 Å². The summed E-state index contributed by atoms with van der Waals surface area (Å²) in [6, 6.07) is 19.7. The maximum Gasteiger partial charge on any atom is 0.319 e. The summed E-state index contributed by atoms with van der Waals surface area (Å²) in [6.45, 7) is 3.98. The Bertz CT molecular complexity index is 1780. The Morgan fingerprint density at radius 1 is 0.978 bits per heavy atom. The number of carbonyl (C=O) groups excluding carboxylic acids is 2. The van der Waals surface area contributed by atoms with Gasteiger partial charge >= 0.3 is 6.03 Å². The van der Waals surface area contributed by atoms with Gasteiger partial charge in [0.05, 0.1) is 11.6 Å². The van der Waals surface area contributed by atoms with E-state index < -0.39 is 18.0 Å². The lowest BCUT2D eigenvalue weighted by molar-refractivity contribution is 0.100. The first kappa shape index (κ1) is 29.7. The fraction of sp³-hybridized carbons (Fsp3) is 0.303. The molecule has 1 fully saturated rings. The highest BCUT2D eigenvalue weighted by molar-refractivity contribution is 5.99. The monoisotopic (exact) mass is 605 g/mol. The van der Waals surface area contributed by atoms with Crippen LogP contribution in [0, 0.1) is 0 Å². The molecule has 5 N–H and O–H groups in total. The van der Waals surface area contributed by atoms with Gasteiger partial charge in [0.2, 0.25) is 11.7 Å². The van der Waals surface area contributed by atoms with Crippen LogP contribution in [0.5, 0.6) is 0 Å². The lowest BCUT2D eigenvalue weighted by Crippen LogP contribution is -2.33. The van der Waals surface area contributed by atoms with Crippen molar-refractivity contribution in [3.63, 3.8) is 0 Å². The van der Waals surface area contributed by atoms with Crippen molar-refractivity contribution in [2.75, 3.05) is 5.32 Å². The second-order valence-corrected chi connectivity index (χ2v) is 11.6. The number of hydrogen-bond donors (Lipinski definition) is 4. The van der Waals surface area contributed by atoms with Crippen molar-refractivity contribution >= 4 is 17.6 Å². The van der Waals surface area contributed by atoms with Crippen LogP contribution < -0.4 is 16.4 Å². The zero-order chi connectivity index (χ0) is 31.3. The van der Waals surface area contributed by atoms with E-state index in [0.29, 0.717) is 40.0 Å². The predicted molar refractivity (Wildman–Crippen MR) is 168 cm³/mol. The summed E-state index contributed by atoms with van der Waals surface area (Å²) in [5, 5.41) is 24.2. The van der Waals surface area contributed by atoms with Crippen LogP contribution in [0.2, 0.25) is 0 Å². The first-order chi connectivity index (χ1) is 21.9. The van der Waals surface area contributed by atoms with Gasteiger partial charge in [-0.25, -0.2) is 4.79 Å². The van der Waals surface area contributed by atoms with Crippen molar-refractivity contribution in [3.05, 3.63) is 94.8 Å². The molecule has 3 amide bonds. The number of nitrogens with one attached hydrogen (secondary N) is 3. The number of anilines is 1. The summed E-state index contributed by atoms with van der Waals surface area (Å²) < 4.78 is 5.43. The Morgan fingerprint density at radius 2 is 1.76 bits per heavy atom. The maximum absolute atomic E-state index is 13.5. The van der Waals surface area contributed by atoms with Crippen molar-refractivity contribution in [2.45, 2.75) is 63.8 Å². The molecule has 12 heteroatoms. The van der Waals surface area contributed by atoms with Gasteiger partial charge in [-0.15, -0.1) is 10.2 Å². The van der Waals surface area contributed by atoms with Gasteiger partial charge in [-0.2, -0.15) is 10.2 Å². The van der Waals surface area contributed by atoms with Crippen molar-refractivity contribution in [3.8, 4) is 22.8 Å². The number of carbonyl (C=O) groups is 2. The number of rotatable bonds is 9. The highest BCUT2D eigenvalue weighted by Crippen LogP contribution is 2.34. The first-order valence-corrected chi connectivity index (χ1v) is 15.1. The topological polar surface area (TPSA) is 178 Å². The predicted octanol–water partition coefficient (Wildman–Crippen LogP) is 6.10. The normalized spacial score (nSPS) is 14.3. The van der Waals surface area contributed by atoms with Crippen molar-refractivity contribution in [1.29, 1.82) is 0 Å². The summed E-state index contributed by atoms with van der Waals surface area (Å²) >= 11 is 0. The van der Waals surface area contributed by atoms with Crippen LogP contribution in [0.1, 0.15) is 96.7 Å². The molecule has 45 heavy (non-hydrogen) atoms. The minimum absolute atomic E-state index is 0.126. The molecule has 0 spiro atoms. The second-order valence-electron chi connectivity index (χ2n) is 11.6. The molecule has 1 atom stereocenters. The summed E-state index contributed by atoms with van der Waals surface area (Å²) in [6.07, 6.45) is 6.15. The van der Waals surface area contributed by atoms with Crippen LogP contribution >= 0.6 is 0 Å². The van der Waals surface area contributed by atoms with Crippen LogP contribution in [-0.2, 0) is 0 Å². The molecule has 230 valence electrons. The molecule has 6 rings (SSSR count). The fourth-order valence-electron chi connectivity index (χ4n) is 5.79. The zero-order valence-corrected chi connectivity index (χ0v) is 25.2. The average Bonchev–Trinajstić information content (AvgIpc) is 3.78. The fourth-order valence-corrected chi connectivity index (χ4v) is 5.79. The number of primary amides is 1. The molecule has 0 bridgehead atoms. The molecular formula is C33H35N9O3. The number of H-pyrrole nitrogens is 1. The van der Waals surface area contributed by atoms with E-state index in [4.69, 9.17) is 10.3 Å². The van der Waals surface area contributed by atoms with Crippen LogP contribution in [0.3, 0.4) is 0 Å². The van der Waals surface area contributed by atoms with E-state index in [1.807, 2.05) is 38.1 Å². The Morgan fingerprint density at radius 3 is 2.44 bits per heavy atom. The molecule has 2 aromatic heterocycles. The molecule has 0 aliphatic heterocycles. The quantitative estimate of drug-likeness (QED) is 0.156. The SMILES string of the molecule is CC(C)c1noc(-c2cccc(NC(=O)NC(c3ccc(C4CCCCC4)cc3)c3ccc(C(N)=O)c(-c4nn[nH]n4)c3)c2)n1. The number of urea groups is 1. The number of hydrogen-bond acceptors (Lipinski definition) is 8. The van der Waals surface area contributed by atoms with Crippen LogP contribution in [0.4, 0.5) is 10.5 Å². The smallest absolute Gasteiger partial charge is 0.319 e. The van der Waals surface area contributed by atoms with E-state index in [1.54, 1.807) is 30.3 Å². The highest BCUT2D eigenvalue weighted by atomic mass is 16.5. The van der Waals surface area contributed by atoms with Crippen LogP contribution in [0.15, 0.2) is 71.3 Å². The Balaban J connectivity index is 1.30. The minimum atomic E-state index is -0.623. The van der Waals surface area contributed by atoms with E-state index in [1.165, 1.54) is 37.7 Å². The number of aromatic amines is 1. The number of tetrazole rings is 1. The highest BCUT2D eigenvalue weighted by Gasteiger charge is 2.23. The Kier molecular flexibility index (Phi) is 8.63. The largest absolute Gasteiger partial charge is 0.366 e. The van der Waals surface area contributed by atoms with Gasteiger partial charge in [-0.1, -0.05) is 74.7 Å². The molecule has 0 saturated heterocycles. The molecule has 1 saturated carbocycles. The van der Waals surface area contributed by atoms with Crippen LogP contribution in [0.25, 0.3) is 22.8 Å². The zero-order valence-electron chi connectivity index (χ0n) is 25.2. The molecule has 5 aromatic rings. The molecule has 1 aliphatic carbocycles. The summed E-state index contributed by atoms with van der Waals surface area (Å²) in [4.78, 5) is 30.2. The van der Waals surface area contributed by atoms with E-state index in [-0.39, 0.29) is 17.3 Å². The van der Waals surface area contributed by atoms with Gasteiger partial charge in [0.1, 0.15) is 0 Å². The van der Waals surface area contributed by atoms with Gasteiger partial charge in [0, 0.05) is 22.7 Å². The maximum atomic E-state index is 13.5. The molecule has 2 heterocycles. The summed E-state index contributed by atoms with van der Waals surface area (Å²) in [5.74, 6) is 1.26. The van der Waals surface area contributed by atoms with E-state index in [2.05, 4.69) is 53.5 Å². The number of nitrogens with two attached hydrogens (primary N) is 1. The number of aromatic nitrogens is 6. The lowest BCUT2D eigenvalue weighted by Gasteiger charge is -2.24. The molecular weight excluding hydrogens is 570 g/mol. The van der Waals surface area contributed by atoms with Crippen molar-refractivity contribution in [2.24, 2.45) is 5.73 Å². The average molecular weight is 606 g/mol. The summed E-state index contributed by atoms with van der Waals surface area (Å²) in [7, 11) is 0. The standard InChI is InChI=1S/C33H35N9O3/c1-19(2)30-37-32(45-40-30)24-9-6-10-25(17-24)35-33(44)36-28(22-13-11-21(12-14-22)20-7-4-3-5-8-20)23-15-16-26(29(34)43)27(18-23)31-38-41-42-39-31/h6,9-20,28H,3-5,7-8H2,1-2H3,(H2,34,43)(H2,35,36,44)(H,38,39,41,42). The Labute approximate surface area is 260 Å². The molecule has 0 radical (unpaired) electrons. The van der Waals surface area contributed by atoms with Crippen LogP contribution in [-0.4, -0.2) is 42.7 Å². The molecule has 1 aliphatic rings. The van der Waals surface area contributed by atoms with E-state index >= 15 is 0 Å². The van der Waals surface area contributed by atoms with Crippen molar-refractivity contribution in [1.82, 2.24) is 36.1 Å². The van der Waals surface area contributed by atoms with Gasteiger partial charge in [-0.3, -0.25) is 4.79 Å². The number of nitrogens with zero attached hydrogens (tertiary/aromatic N) is 5. The van der Waals surface area contributed by atoms with E-state index in [0.717, 1.165) is 5.56 Å². The van der Waals surface area contributed by atoms with Gasteiger partial charge < -0.3 is 20.9 Å².